The number of carbonyl (C=O) groups is 2. The van der Waals surface area contributed by atoms with Gasteiger partial charge in [-0.25, -0.2) is 13.1 Å². The molecule has 200 valence electrons. The van der Waals surface area contributed by atoms with E-state index in [0.717, 1.165) is 36.8 Å². The Morgan fingerprint density at radius 1 is 1.05 bits per heavy atom. The minimum Gasteiger partial charge on any atom is -0.376 e. The molecule has 1 aliphatic carbocycles. The first kappa shape index (κ1) is 27.6. The lowest BCUT2D eigenvalue weighted by Crippen LogP contribution is -2.49. The topological polar surface area (TPSA) is 105 Å². The number of nitrogens with zero attached hydrogens (tertiary/aromatic N) is 1. The van der Waals surface area contributed by atoms with E-state index in [1.54, 1.807) is 48.2 Å². The van der Waals surface area contributed by atoms with Crippen LogP contribution < -0.4 is 10.0 Å². The fourth-order valence-electron chi connectivity index (χ4n) is 4.26. The van der Waals surface area contributed by atoms with E-state index in [0.29, 0.717) is 24.6 Å². The minimum atomic E-state index is -3.52. The number of hydrogen-bond donors (Lipinski definition) is 2. The molecule has 2 amide bonds. The SMILES string of the molecule is CC(C(=O)NCC1CCCO1)N(Cc1ccc(Cl)cc1)C(=O)CCc1ccc(S(=O)(=O)NC2CC2)cc1. The van der Waals surface area contributed by atoms with E-state index in [4.69, 9.17) is 16.3 Å². The highest BCUT2D eigenvalue weighted by Crippen LogP contribution is 2.23. The van der Waals surface area contributed by atoms with Crippen molar-refractivity contribution in [2.24, 2.45) is 0 Å². The number of benzene rings is 2. The molecule has 2 atom stereocenters. The molecule has 1 aliphatic heterocycles. The first-order valence-electron chi connectivity index (χ1n) is 12.8. The van der Waals surface area contributed by atoms with E-state index in [2.05, 4.69) is 10.0 Å². The summed E-state index contributed by atoms with van der Waals surface area (Å²) in [5.74, 6) is -0.391. The van der Waals surface area contributed by atoms with Crippen molar-refractivity contribution in [1.29, 1.82) is 0 Å². The van der Waals surface area contributed by atoms with Gasteiger partial charge >= 0.3 is 0 Å². The van der Waals surface area contributed by atoms with Crippen molar-refractivity contribution in [3.05, 3.63) is 64.7 Å². The van der Waals surface area contributed by atoms with Crippen LogP contribution in [0.5, 0.6) is 0 Å². The van der Waals surface area contributed by atoms with E-state index < -0.39 is 16.1 Å². The molecule has 2 aromatic carbocycles. The molecule has 1 saturated carbocycles. The zero-order chi connectivity index (χ0) is 26.4. The van der Waals surface area contributed by atoms with Gasteiger partial charge < -0.3 is 15.0 Å². The molecule has 1 saturated heterocycles. The van der Waals surface area contributed by atoms with Gasteiger partial charge in [-0.2, -0.15) is 0 Å². The molecular formula is C27H34ClN3O5S. The summed E-state index contributed by atoms with van der Waals surface area (Å²) in [6.45, 7) is 3.14. The first-order valence-corrected chi connectivity index (χ1v) is 14.6. The highest BCUT2D eigenvalue weighted by molar-refractivity contribution is 7.89. The standard InChI is InChI=1S/C27H34ClN3O5S/c1-19(27(33)29-17-24-3-2-16-36-24)31(18-21-4-9-22(28)10-5-21)26(32)15-8-20-6-13-25(14-7-20)37(34,35)30-23-11-12-23/h4-7,9-10,13-14,19,23-24,30H,2-3,8,11-12,15-18H2,1H3,(H,29,33). The maximum absolute atomic E-state index is 13.3. The third-order valence-electron chi connectivity index (χ3n) is 6.72. The molecule has 8 nitrogen and oxygen atoms in total. The van der Waals surface area contributed by atoms with Crippen LogP contribution in [0.25, 0.3) is 0 Å². The number of halogens is 1. The first-order chi connectivity index (χ1) is 17.7. The van der Waals surface area contributed by atoms with Crippen molar-refractivity contribution >= 4 is 33.4 Å². The van der Waals surface area contributed by atoms with Crippen LogP contribution in [0.4, 0.5) is 0 Å². The monoisotopic (exact) mass is 547 g/mol. The van der Waals surface area contributed by atoms with Crippen molar-refractivity contribution < 1.29 is 22.7 Å². The van der Waals surface area contributed by atoms with Crippen LogP contribution in [0.2, 0.25) is 5.02 Å². The zero-order valence-corrected chi connectivity index (χ0v) is 22.6. The normalized spacial score (nSPS) is 18.4. The predicted octanol–water partition coefficient (Wildman–Crippen LogP) is 3.43. The number of sulfonamides is 1. The van der Waals surface area contributed by atoms with Crippen LogP contribution in [0.3, 0.4) is 0 Å². The van der Waals surface area contributed by atoms with Crippen LogP contribution in [0.15, 0.2) is 53.4 Å². The summed E-state index contributed by atoms with van der Waals surface area (Å²) in [4.78, 5) is 28.1. The Morgan fingerprint density at radius 3 is 2.35 bits per heavy atom. The summed E-state index contributed by atoms with van der Waals surface area (Å²) in [7, 11) is -3.52. The van der Waals surface area contributed by atoms with Crippen LogP contribution in [-0.4, -0.2) is 56.5 Å². The Kier molecular flexibility index (Phi) is 9.23. The number of nitrogens with one attached hydrogen (secondary N) is 2. The Morgan fingerprint density at radius 2 is 1.73 bits per heavy atom. The molecule has 2 aliphatic rings. The number of rotatable bonds is 12. The van der Waals surface area contributed by atoms with Gasteiger partial charge in [0.25, 0.3) is 0 Å². The average Bonchev–Trinajstić information content (AvgIpc) is 3.53. The molecule has 0 radical (unpaired) electrons. The van der Waals surface area contributed by atoms with Gasteiger partial charge in [-0.1, -0.05) is 35.9 Å². The van der Waals surface area contributed by atoms with Crippen LogP contribution in [0, 0.1) is 0 Å². The third-order valence-corrected chi connectivity index (χ3v) is 8.51. The maximum Gasteiger partial charge on any atom is 0.242 e. The molecule has 0 aromatic heterocycles. The molecule has 4 rings (SSSR count). The molecule has 10 heteroatoms. The lowest BCUT2D eigenvalue weighted by Gasteiger charge is -2.29. The van der Waals surface area contributed by atoms with Gasteiger partial charge in [0.1, 0.15) is 6.04 Å². The van der Waals surface area contributed by atoms with E-state index in [-0.39, 0.29) is 41.8 Å². The van der Waals surface area contributed by atoms with Gasteiger partial charge in [-0.15, -0.1) is 0 Å². The van der Waals surface area contributed by atoms with Crippen molar-refractivity contribution in [3.63, 3.8) is 0 Å². The lowest BCUT2D eigenvalue weighted by molar-refractivity contribution is -0.140. The summed E-state index contributed by atoms with van der Waals surface area (Å²) in [5, 5.41) is 3.52. The van der Waals surface area contributed by atoms with Gasteiger partial charge in [-0.3, -0.25) is 9.59 Å². The van der Waals surface area contributed by atoms with Crippen LogP contribution in [0.1, 0.15) is 50.2 Å². The Bertz CT molecular complexity index is 1180. The molecule has 37 heavy (non-hydrogen) atoms. The second kappa shape index (κ2) is 12.4. The number of hydrogen-bond acceptors (Lipinski definition) is 5. The molecule has 0 bridgehead atoms. The van der Waals surface area contributed by atoms with E-state index in [1.165, 1.54) is 0 Å². The smallest absolute Gasteiger partial charge is 0.242 e. The van der Waals surface area contributed by atoms with E-state index in [9.17, 15) is 18.0 Å². The summed E-state index contributed by atoms with van der Waals surface area (Å²) in [5.41, 5.74) is 1.72. The highest BCUT2D eigenvalue weighted by Gasteiger charge is 2.29. The fraction of sp³-hybridized carbons (Fsp3) is 0.481. The van der Waals surface area contributed by atoms with E-state index >= 15 is 0 Å². The van der Waals surface area contributed by atoms with Gasteiger partial charge in [0.2, 0.25) is 21.8 Å². The van der Waals surface area contributed by atoms with Gasteiger partial charge in [-0.05, 0) is 74.4 Å². The van der Waals surface area contributed by atoms with Crippen molar-refractivity contribution in [2.45, 2.75) is 75.1 Å². The molecule has 2 N–H and O–H groups in total. The highest BCUT2D eigenvalue weighted by atomic mass is 35.5. The fourth-order valence-corrected chi connectivity index (χ4v) is 5.69. The minimum absolute atomic E-state index is 0.0165. The Balaban J connectivity index is 1.39. The molecule has 2 aromatic rings. The molecule has 0 spiro atoms. The number of aryl methyl sites for hydroxylation is 1. The summed E-state index contributed by atoms with van der Waals surface area (Å²) < 4.78 is 33.0. The second-order valence-corrected chi connectivity index (χ2v) is 11.9. The average molecular weight is 548 g/mol. The number of amides is 2. The van der Waals surface area contributed by atoms with Crippen molar-refractivity contribution in [2.75, 3.05) is 13.2 Å². The number of ether oxygens (including phenoxy) is 1. The van der Waals surface area contributed by atoms with E-state index in [1.807, 2.05) is 12.1 Å². The zero-order valence-electron chi connectivity index (χ0n) is 21.0. The second-order valence-electron chi connectivity index (χ2n) is 9.74. The largest absolute Gasteiger partial charge is 0.376 e. The summed E-state index contributed by atoms with van der Waals surface area (Å²) in [6, 6.07) is 13.2. The Hall–Kier alpha value is -2.46. The van der Waals surface area contributed by atoms with Gasteiger partial charge in [0.15, 0.2) is 0 Å². The number of carbonyl (C=O) groups excluding carboxylic acids is 2. The molecule has 1 heterocycles. The predicted molar refractivity (Wildman–Crippen MR) is 142 cm³/mol. The summed E-state index contributed by atoms with van der Waals surface area (Å²) >= 11 is 6.01. The maximum atomic E-state index is 13.3. The van der Waals surface area contributed by atoms with Crippen molar-refractivity contribution in [1.82, 2.24) is 14.9 Å². The van der Waals surface area contributed by atoms with Crippen LogP contribution in [-0.2, 0) is 37.3 Å². The molecule has 2 unspecified atom stereocenters. The molecule has 2 fully saturated rings. The van der Waals surface area contributed by atoms with Gasteiger partial charge in [0.05, 0.1) is 11.0 Å². The van der Waals surface area contributed by atoms with Crippen molar-refractivity contribution in [3.8, 4) is 0 Å². The van der Waals surface area contributed by atoms with Crippen LogP contribution >= 0.6 is 11.6 Å². The third kappa shape index (κ3) is 8.01. The molecular weight excluding hydrogens is 514 g/mol. The summed E-state index contributed by atoms with van der Waals surface area (Å²) in [6.07, 6.45) is 4.27. The lowest BCUT2D eigenvalue weighted by atomic mass is 10.1. The quantitative estimate of drug-likeness (QED) is 0.423. The van der Waals surface area contributed by atoms with Gasteiger partial charge in [0, 0.05) is 37.2 Å². The Labute approximate surface area is 223 Å².